The van der Waals surface area contributed by atoms with Gasteiger partial charge in [0.15, 0.2) is 0 Å². The minimum absolute atomic E-state index is 0.152. The lowest BCUT2D eigenvalue weighted by molar-refractivity contribution is -0.109. The third-order valence-corrected chi connectivity index (χ3v) is 3.30. The fourth-order valence-corrected chi connectivity index (χ4v) is 1.86. The molecule has 1 rings (SSSR count). The van der Waals surface area contributed by atoms with Crippen molar-refractivity contribution in [1.82, 2.24) is 0 Å². The van der Waals surface area contributed by atoms with Gasteiger partial charge < -0.3 is 4.79 Å². The first-order chi connectivity index (χ1) is 6.61. The second-order valence-electron chi connectivity index (χ2n) is 3.25. The van der Waals surface area contributed by atoms with Crippen LogP contribution in [0.2, 0.25) is 10.0 Å². The number of hydrogen-bond donors (Lipinski definition) is 0. The van der Waals surface area contributed by atoms with Gasteiger partial charge >= 0.3 is 0 Å². The number of carbonyl (C=O) groups excluding carboxylic acids is 1. The molecule has 1 atom stereocenters. The molecule has 0 aliphatic rings. The summed E-state index contributed by atoms with van der Waals surface area (Å²) in [6.07, 6.45) is 1.65. The molecule has 0 bridgehead atoms. The van der Waals surface area contributed by atoms with Crippen LogP contribution in [0.1, 0.15) is 30.4 Å². The van der Waals surface area contributed by atoms with Crippen molar-refractivity contribution in [3.63, 3.8) is 0 Å². The number of benzene rings is 1. The minimum Gasteiger partial charge on any atom is -0.303 e. The Labute approximate surface area is 94.0 Å². The first-order valence-corrected chi connectivity index (χ1v) is 5.27. The second kappa shape index (κ2) is 4.81. The second-order valence-corrected chi connectivity index (χ2v) is 4.01. The highest BCUT2D eigenvalue weighted by Gasteiger charge is 2.14. The smallest absolute Gasteiger partial charge is 0.127 e. The predicted molar refractivity (Wildman–Crippen MR) is 60.3 cm³/mol. The average Bonchev–Trinajstić information content (AvgIpc) is 2.19. The molecule has 76 valence electrons. The molecule has 0 aromatic heterocycles. The molecule has 3 heteroatoms. The van der Waals surface area contributed by atoms with Crippen molar-refractivity contribution in [3.8, 4) is 0 Å². The summed E-state index contributed by atoms with van der Waals surface area (Å²) >= 11 is 12.1. The third-order valence-electron chi connectivity index (χ3n) is 2.31. The molecule has 1 nitrogen and oxygen atoms in total. The molecule has 0 saturated carbocycles. The minimum atomic E-state index is -0.152. The Bertz CT molecular complexity index is 347. The first kappa shape index (κ1) is 11.5. The van der Waals surface area contributed by atoms with E-state index in [9.17, 15) is 4.79 Å². The Balaban J connectivity index is 3.22. The highest BCUT2D eigenvalue weighted by atomic mass is 35.5. The van der Waals surface area contributed by atoms with E-state index < -0.39 is 0 Å². The Morgan fingerprint density at radius 2 is 2.00 bits per heavy atom. The van der Waals surface area contributed by atoms with E-state index >= 15 is 0 Å². The van der Waals surface area contributed by atoms with Crippen molar-refractivity contribution in [2.24, 2.45) is 0 Å². The summed E-state index contributed by atoms with van der Waals surface area (Å²) in [5.41, 5.74) is 1.75. The number of hydrogen-bond acceptors (Lipinski definition) is 1. The third kappa shape index (κ3) is 2.10. The van der Waals surface area contributed by atoms with E-state index in [-0.39, 0.29) is 5.92 Å². The van der Waals surface area contributed by atoms with E-state index in [1.165, 1.54) is 0 Å². The van der Waals surface area contributed by atoms with Crippen LogP contribution in [0.25, 0.3) is 0 Å². The molecule has 0 heterocycles. The van der Waals surface area contributed by atoms with Gasteiger partial charge in [-0.3, -0.25) is 0 Å². The summed E-state index contributed by atoms with van der Waals surface area (Å²) in [4.78, 5) is 10.8. The van der Waals surface area contributed by atoms with Crippen molar-refractivity contribution in [2.75, 3.05) is 0 Å². The fraction of sp³-hybridized carbons (Fsp3) is 0.364. The Kier molecular flexibility index (Phi) is 3.97. The summed E-state index contributed by atoms with van der Waals surface area (Å²) in [7, 11) is 0. The van der Waals surface area contributed by atoms with E-state index in [4.69, 9.17) is 23.2 Å². The number of aldehydes is 1. The zero-order chi connectivity index (χ0) is 10.7. The first-order valence-electron chi connectivity index (χ1n) is 4.51. The number of carbonyl (C=O) groups is 1. The number of halogens is 2. The van der Waals surface area contributed by atoms with Gasteiger partial charge in [-0.15, -0.1) is 0 Å². The van der Waals surface area contributed by atoms with Crippen LogP contribution in [0.15, 0.2) is 12.1 Å². The molecule has 0 aliphatic heterocycles. The molecule has 14 heavy (non-hydrogen) atoms. The summed E-state index contributed by atoms with van der Waals surface area (Å²) in [5, 5.41) is 1.05. The van der Waals surface area contributed by atoms with Crippen molar-refractivity contribution in [1.29, 1.82) is 0 Å². The van der Waals surface area contributed by atoms with Gasteiger partial charge in [-0.1, -0.05) is 42.3 Å². The quantitative estimate of drug-likeness (QED) is 0.718. The summed E-state index contributed by atoms with van der Waals surface area (Å²) in [5.74, 6) is -0.152. The van der Waals surface area contributed by atoms with Gasteiger partial charge in [0.25, 0.3) is 0 Å². The standard InChI is InChI=1S/C11H12Cl2O/c1-3-8(6-14)9-5-4-7(2)10(12)11(9)13/h4-6,8H,3H2,1-2H3. The lowest BCUT2D eigenvalue weighted by Crippen LogP contribution is -2.00. The maximum absolute atomic E-state index is 10.8. The monoisotopic (exact) mass is 230 g/mol. The van der Waals surface area contributed by atoms with E-state index in [1.807, 2.05) is 26.0 Å². The summed E-state index contributed by atoms with van der Waals surface area (Å²) in [6.45, 7) is 3.84. The van der Waals surface area contributed by atoms with Crippen molar-refractivity contribution in [2.45, 2.75) is 26.2 Å². The van der Waals surface area contributed by atoms with Crippen LogP contribution in [0.5, 0.6) is 0 Å². The number of aryl methyl sites for hydroxylation is 1. The normalized spacial score (nSPS) is 12.6. The molecule has 1 unspecified atom stereocenters. The summed E-state index contributed by atoms with van der Waals surface area (Å²) < 4.78 is 0. The zero-order valence-electron chi connectivity index (χ0n) is 8.18. The Hall–Kier alpha value is -0.530. The van der Waals surface area contributed by atoms with Crippen LogP contribution >= 0.6 is 23.2 Å². The van der Waals surface area contributed by atoms with E-state index in [1.54, 1.807) is 0 Å². The van der Waals surface area contributed by atoms with Gasteiger partial charge in [0, 0.05) is 5.92 Å². The molecule has 0 saturated heterocycles. The zero-order valence-corrected chi connectivity index (χ0v) is 9.69. The van der Waals surface area contributed by atoms with Crippen LogP contribution in [-0.2, 0) is 4.79 Å². The largest absolute Gasteiger partial charge is 0.303 e. The topological polar surface area (TPSA) is 17.1 Å². The Morgan fingerprint density at radius 1 is 1.36 bits per heavy atom. The maximum Gasteiger partial charge on any atom is 0.127 e. The van der Waals surface area contributed by atoms with Gasteiger partial charge in [-0.2, -0.15) is 0 Å². The molecule has 0 radical (unpaired) electrons. The lowest BCUT2D eigenvalue weighted by Gasteiger charge is -2.12. The molecule has 0 N–H and O–H groups in total. The van der Waals surface area contributed by atoms with Crippen molar-refractivity contribution in [3.05, 3.63) is 33.3 Å². The molecular weight excluding hydrogens is 219 g/mol. The van der Waals surface area contributed by atoms with Crippen LogP contribution in [0, 0.1) is 6.92 Å². The van der Waals surface area contributed by atoms with Crippen molar-refractivity contribution < 1.29 is 4.79 Å². The predicted octanol–water partition coefficient (Wildman–Crippen LogP) is 3.99. The van der Waals surface area contributed by atoms with Crippen LogP contribution in [0.4, 0.5) is 0 Å². The SMILES string of the molecule is CCC(C=O)c1ccc(C)c(Cl)c1Cl. The summed E-state index contributed by atoms with van der Waals surface area (Å²) in [6, 6.07) is 3.75. The molecule has 1 aromatic rings. The molecule has 1 aromatic carbocycles. The van der Waals surface area contributed by atoms with Gasteiger partial charge in [-0.25, -0.2) is 0 Å². The number of rotatable bonds is 3. The Morgan fingerprint density at radius 3 is 2.50 bits per heavy atom. The highest BCUT2D eigenvalue weighted by molar-refractivity contribution is 6.43. The highest BCUT2D eigenvalue weighted by Crippen LogP contribution is 2.33. The fourth-order valence-electron chi connectivity index (χ4n) is 1.34. The van der Waals surface area contributed by atoms with E-state index in [2.05, 4.69) is 0 Å². The molecule has 0 aliphatic carbocycles. The van der Waals surface area contributed by atoms with Gasteiger partial charge in [0.1, 0.15) is 6.29 Å². The van der Waals surface area contributed by atoms with Gasteiger partial charge in [0.2, 0.25) is 0 Å². The maximum atomic E-state index is 10.8. The molecule has 0 spiro atoms. The van der Waals surface area contributed by atoms with Crippen molar-refractivity contribution >= 4 is 29.5 Å². The molecule has 0 amide bonds. The van der Waals surface area contributed by atoms with Crippen LogP contribution in [0.3, 0.4) is 0 Å². The average molecular weight is 231 g/mol. The molecular formula is C11H12Cl2O. The van der Waals surface area contributed by atoms with Gasteiger partial charge in [0.05, 0.1) is 10.0 Å². The lowest BCUT2D eigenvalue weighted by atomic mass is 9.97. The molecule has 0 fully saturated rings. The van der Waals surface area contributed by atoms with E-state index in [0.29, 0.717) is 10.0 Å². The van der Waals surface area contributed by atoms with Crippen LogP contribution < -0.4 is 0 Å². The van der Waals surface area contributed by atoms with Crippen LogP contribution in [-0.4, -0.2) is 6.29 Å². The van der Waals surface area contributed by atoms with E-state index in [0.717, 1.165) is 23.8 Å². The van der Waals surface area contributed by atoms with Gasteiger partial charge in [-0.05, 0) is 24.5 Å².